The molecule has 88 valence electrons. The molecule has 0 radical (unpaired) electrons. The summed E-state index contributed by atoms with van der Waals surface area (Å²) in [5.74, 6) is 0. The second-order valence-corrected chi connectivity index (χ2v) is 3.38. The number of para-hydroxylation sites is 1. The Hall–Kier alpha value is -2.30. The molecule has 2 N–H and O–H groups in total. The number of nitrogens with one attached hydrogen (secondary N) is 2. The molecule has 0 aliphatic carbocycles. The Bertz CT molecular complexity index is 545. The molecule has 5 heteroatoms. The van der Waals surface area contributed by atoms with Crippen LogP contribution in [0, 0.1) is 0 Å². The van der Waals surface area contributed by atoms with Crippen LogP contribution in [0.5, 0.6) is 0 Å². The first-order valence-electron chi connectivity index (χ1n) is 5.33. The van der Waals surface area contributed by atoms with Gasteiger partial charge in [-0.15, -0.1) is 0 Å². The van der Waals surface area contributed by atoms with E-state index in [-0.39, 0.29) is 0 Å². The van der Waals surface area contributed by atoms with Crippen LogP contribution >= 0.6 is 0 Å². The number of fused-ring (bicyclic) bond motifs is 1. The van der Waals surface area contributed by atoms with Gasteiger partial charge in [-0.25, -0.2) is 10.2 Å². The summed E-state index contributed by atoms with van der Waals surface area (Å²) in [5, 5.41) is 4.87. The van der Waals surface area contributed by atoms with E-state index in [1.807, 2.05) is 30.5 Å². The third-order valence-electron chi connectivity index (χ3n) is 2.26. The Labute approximate surface area is 98.5 Å². The third-order valence-corrected chi connectivity index (χ3v) is 2.26. The smallest absolute Gasteiger partial charge is 0.427 e. The van der Waals surface area contributed by atoms with E-state index in [4.69, 9.17) is 0 Å². The van der Waals surface area contributed by atoms with Crippen molar-refractivity contribution < 1.29 is 9.53 Å². The Morgan fingerprint density at radius 2 is 2.35 bits per heavy atom. The number of carbonyl (C=O) groups excluding carboxylic acids is 1. The third kappa shape index (κ3) is 2.63. The molecule has 17 heavy (non-hydrogen) atoms. The van der Waals surface area contributed by atoms with Crippen molar-refractivity contribution in [3.8, 4) is 0 Å². The van der Waals surface area contributed by atoms with E-state index in [2.05, 4.69) is 20.2 Å². The van der Waals surface area contributed by atoms with Gasteiger partial charge in [-0.05, 0) is 13.0 Å². The van der Waals surface area contributed by atoms with Crippen LogP contribution in [0.3, 0.4) is 0 Å². The van der Waals surface area contributed by atoms with Gasteiger partial charge in [0, 0.05) is 22.7 Å². The number of H-pyrrole nitrogens is 1. The van der Waals surface area contributed by atoms with Gasteiger partial charge in [0.25, 0.3) is 0 Å². The van der Waals surface area contributed by atoms with Crippen LogP contribution in [0.4, 0.5) is 4.79 Å². The summed E-state index contributed by atoms with van der Waals surface area (Å²) in [4.78, 5) is 14.1. The fraction of sp³-hybridized carbons (Fsp3) is 0.167. The lowest BCUT2D eigenvalue weighted by molar-refractivity contribution is 0.152. The molecule has 0 unspecified atom stereocenters. The maximum absolute atomic E-state index is 11.0. The zero-order valence-corrected chi connectivity index (χ0v) is 9.43. The fourth-order valence-electron chi connectivity index (χ4n) is 1.52. The number of hydrogen-bond acceptors (Lipinski definition) is 3. The number of aromatic amines is 1. The van der Waals surface area contributed by atoms with Crippen LogP contribution in [-0.4, -0.2) is 23.9 Å². The molecule has 0 aliphatic rings. The summed E-state index contributed by atoms with van der Waals surface area (Å²) in [6.07, 6.45) is 2.86. The minimum atomic E-state index is -0.552. The van der Waals surface area contributed by atoms with Crippen molar-refractivity contribution in [2.45, 2.75) is 6.92 Å². The van der Waals surface area contributed by atoms with E-state index in [0.29, 0.717) is 6.61 Å². The summed E-state index contributed by atoms with van der Waals surface area (Å²) in [6, 6.07) is 7.87. The number of hydrazone groups is 1. The average Bonchev–Trinajstić information content (AvgIpc) is 2.73. The number of ether oxygens (including phenoxy) is 1. The van der Waals surface area contributed by atoms with Gasteiger partial charge in [-0.1, -0.05) is 18.2 Å². The highest BCUT2D eigenvalue weighted by Crippen LogP contribution is 2.15. The van der Waals surface area contributed by atoms with Crippen LogP contribution in [0.15, 0.2) is 35.6 Å². The maximum atomic E-state index is 11.0. The van der Waals surface area contributed by atoms with Crippen molar-refractivity contribution in [2.24, 2.45) is 5.10 Å². The van der Waals surface area contributed by atoms with Crippen molar-refractivity contribution >= 4 is 23.2 Å². The molecule has 0 saturated carbocycles. The Balaban J connectivity index is 2.08. The van der Waals surface area contributed by atoms with Crippen LogP contribution < -0.4 is 5.43 Å². The van der Waals surface area contributed by atoms with Crippen LogP contribution in [0.1, 0.15) is 12.5 Å². The standard InChI is InChI=1S/C12H13N3O2/c1-2-17-12(16)15-14-8-9-7-13-11-6-4-3-5-10(9)11/h3-8,13H,2H2,1H3,(H,15,16). The molecule has 5 nitrogen and oxygen atoms in total. The zero-order valence-electron chi connectivity index (χ0n) is 9.43. The fourth-order valence-corrected chi connectivity index (χ4v) is 1.52. The topological polar surface area (TPSA) is 66.5 Å². The molecule has 2 rings (SSSR count). The SMILES string of the molecule is CCOC(=O)NN=Cc1c[nH]c2ccccc12. The predicted molar refractivity (Wildman–Crippen MR) is 66.1 cm³/mol. The molecule has 0 aliphatic heterocycles. The second kappa shape index (κ2) is 5.16. The quantitative estimate of drug-likeness (QED) is 0.628. The number of nitrogens with zero attached hydrogens (tertiary/aromatic N) is 1. The highest BCUT2D eigenvalue weighted by atomic mass is 16.5. The summed E-state index contributed by atoms with van der Waals surface area (Å²) < 4.78 is 4.68. The summed E-state index contributed by atoms with van der Waals surface area (Å²) in [6.45, 7) is 2.07. The Morgan fingerprint density at radius 1 is 1.53 bits per heavy atom. The van der Waals surface area contributed by atoms with Crippen molar-refractivity contribution in [2.75, 3.05) is 6.61 Å². The van der Waals surface area contributed by atoms with Gasteiger partial charge in [0.2, 0.25) is 0 Å². The largest absolute Gasteiger partial charge is 0.449 e. The lowest BCUT2D eigenvalue weighted by Gasteiger charge is -1.98. The van der Waals surface area contributed by atoms with Gasteiger partial charge < -0.3 is 9.72 Å². The molecular weight excluding hydrogens is 218 g/mol. The first kappa shape index (κ1) is 11.2. The minimum Gasteiger partial charge on any atom is -0.449 e. The van der Waals surface area contributed by atoms with Gasteiger partial charge in [0.05, 0.1) is 12.8 Å². The van der Waals surface area contributed by atoms with E-state index < -0.39 is 6.09 Å². The first-order valence-corrected chi connectivity index (χ1v) is 5.33. The number of benzene rings is 1. The lowest BCUT2D eigenvalue weighted by atomic mass is 10.2. The number of carbonyl (C=O) groups is 1. The van der Waals surface area contributed by atoms with E-state index in [1.165, 1.54) is 0 Å². The second-order valence-electron chi connectivity index (χ2n) is 3.38. The van der Waals surface area contributed by atoms with E-state index >= 15 is 0 Å². The Kier molecular flexibility index (Phi) is 3.40. The highest BCUT2D eigenvalue weighted by molar-refractivity contribution is 5.99. The molecular formula is C12H13N3O2. The maximum Gasteiger partial charge on any atom is 0.427 e. The van der Waals surface area contributed by atoms with Gasteiger partial charge >= 0.3 is 6.09 Å². The van der Waals surface area contributed by atoms with Crippen molar-refractivity contribution in [1.82, 2.24) is 10.4 Å². The molecule has 1 heterocycles. The van der Waals surface area contributed by atoms with Crippen molar-refractivity contribution in [3.63, 3.8) is 0 Å². The van der Waals surface area contributed by atoms with E-state index in [1.54, 1.807) is 13.1 Å². The molecule has 0 atom stereocenters. The molecule has 0 saturated heterocycles. The molecule has 0 fully saturated rings. The van der Waals surface area contributed by atoms with Crippen LogP contribution in [-0.2, 0) is 4.74 Å². The van der Waals surface area contributed by atoms with Gasteiger partial charge in [-0.3, -0.25) is 0 Å². The van der Waals surface area contributed by atoms with E-state index in [0.717, 1.165) is 16.5 Å². The van der Waals surface area contributed by atoms with E-state index in [9.17, 15) is 4.79 Å². The summed E-state index contributed by atoms with van der Waals surface area (Å²) in [5.41, 5.74) is 4.23. The first-order chi connectivity index (χ1) is 8.31. The number of amides is 1. The van der Waals surface area contributed by atoms with Crippen molar-refractivity contribution in [3.05, 3.63) is 36.0 Å². The summed E-state index contributed by atoms with van der Waals surface area (Å²) >= 11 is 0. The Morgan fingerprint density at radius 3 is 3.18 bits per heavy atom. The normalized spacial score (nSPS) is 10.9. The minimum absolute atomic E-state index is 0.328. The molecule has 2 aromatic rings. The predicted octanol–water partition coefficient (Wildman–Crippen LogP) is 2.25. The number of rotatable bonds is 3. The van der Waals surface area contributed by atoms with Crippen molar-refractivity contribution in [1.29, 1.82) is 0 Å². The van der Waals surface area contributed by atoms with Gasteiger partial charge in [0.1, 0.15) is 0 Å². The molecule has 0 bridgehead atoms. The monoisotopic (exact) mass is 231 g/mol. The number of aromatic nitrogens is 1. The lowest BCUT2D eigenvalue weighted by Crippen LogP contribution is -2.18. The van der Waals surface area contributed by atoms with Crippen LogP contribution in [0.25, 0.3) is 10.9 Å². The van der Waals surface area contributed by atoms with Crippen LogP contribution in [0.2, 0.25) is 0 Å². The average molecular weight is 231 g/mol. The zero-order chi connectivity index (χ0) is 12.1. The van der Waals surface area contributed by atoms with Gasteiger partial charge in [-0.2, -0.15) is 5.10 Å². The molecule has 1 aromatic carbocycles. The number of hydrogen-bond donors (Lipinski definition) is 2. The molecule has 1 aromatic heterocycles. The van der Waals surface area contributed by atoms with Gasteiger partial charge in [0.15, 0.2) is 0 Å². The highest BCUT2D eigenvalue weighted by Gasteiger charge is 2.00. The molecule has 1 amide bonds. The molecule has 0 spiro atoms. The summed E-state index contributed by atoms with van der Waals surface area (Å²) in [7, 11) is 0.